The van der Waals surface area contributed by atoms with Gasteiger partial charge in [0.05, 0.1) is 5.70 Å². The van der Waals surface area contributed by atoms with Crippen LogP contribution in [0.3, 0.4) is 0 Å². The second-order valence-corrected chi connectivity index (χ2v) is 10.8. The van der Waals surface area contributed by atoms with Crippen LogP contribution in [0.25, 0.3) is 0 Å². The van der Waals surface area contributed by atoms with E-state index in [1.54, 1.807) is 17.7 Å². The van der Waals surface area contributed by atoms with E-state index in [0.29, 0.717) is 12.3 Å². The molecule has 0 aromatic heterocycles. The van der Waals surface area contributed by atoms with Gasteiger partial charge in [0.25, 0.3) is 0 Å². The fourth-order valence-electron chi connectivity index (χ4n) is 4.16. The first kappa shape index (κ1) is 36.8. The number of benzene rings is 1. The summed E-state index contributed by atoms with van der Waals surface area (Å²) in [6.45, 7) is 25.1. The number of hydrogen-bond acceptors (Lipinski definition) is 1. The Balaban J connectivity index is 0.000000630. The van der Waals surface area contributed by atoms with Crippen molar-refractivity contribution in [2.75, 3.05) is 0 Å². The number of aryl methyl sites for hydroxylation is 1. The molecule has 0 amide bonds. The Morgan fingerprint density at radius 3 is 2.15 bits per heavy atom. The minimum absolute atomic E-state index is 0.150. The fraction of sp³-hybridized carbons (Fsp3) is 0.595. The molecule has 39 heavy (non-hydrogen) atoms. The summed E-state index contributed by atoms with van der Waals surface area (Å²) in [5, 5.41) is 0. The number of halogens is 1. The zero-order valence-corrected chi connectivity index (χ0v) is 27.2. The highest BCUT2D eigenvalue weighted by atomic mass is 19.1. The van der Waals surface area contributed by atoms with Gasteiger partial charge in [-0.1, -0.05) is 116 Å². The van der Waals surface area contributed by atoms with Crippen LogP contribution in [0.1, 0.15) is 138 Å². The van der Waals surface area contributed by atoms with Crippen LogP contribution in [-0.4, -0.2) is 5.71 Å². The monoisotopic (exact) mass is 537 g/mol. The lowest BCUT2D eigenvalue weighted by atomic mass is 9.98. The molecule has 1 aromatic rings. The molecule has 0 spiro atoms. The molecule has 220 valence electrons. The van der Waals surface area contributed by atoms with Crippen LogP contribution < -0.4 is 0 Å². The maximum atomic E-state index is 13.8. The van der Waals surface area contributed by atoms with Crippen molar-refractivity contribution < 1.29 is 4.39 Å². The first-order valence-electron chi connectivity index (χ1n) is 15.7. The van der Waals surface area contributed by atoms with E-state index in [1.807, 2.05) is 39.8 Å². The van der Waals surface area contributed by atoms with Crippen LogP contribution in [0.2, 0.25) is 0 Å². The van der Waals surface area contributed by atoms with Crippen LogP contribution in [0.5, 0.6) is 0 Å². The molecule has 2 aliphatic rings. The van der Waals surface area contributed by atoms with Gasteiger partial charge in [-0.25, -0.2) is 4.39 Å². The average molecular weight is 538 g/mol. The number of aliphatic imine (C=N–C) groups is 1. The number of nitrogens with zero attached hydrogens (tertiary/aromatic N) is 1. The average Bonchev–Trinajstić information content (AvgIpc) is 3.82. The topological polar surface area (TPSA) is 12.4 Å². The molecule has 1 nitrogen and oxygen atoms in total. The Labute approximate surface area is 242 Å². The summed E-state index contributed by atoms with van der Waals surface area (Å²) in [4.78, 5) is 4.63. The molecule has 2 heteroatoms. The standard InChI is InChI=1S/C18H22FN.C9H14.C8H18.C2H6/c1-5-14-7-10-16(11-17(14)19)13(4)20-18(6-2)12(3)15-8-9-15;1-3-9-6-4-8(2)5-7-9;1-4-6-7-8(3)5-2;1-2/h6-7,10-11,15H,2,5,8-9H2,1,3-4H3;4,6H,3,5,7H2,1-2H3;8H,4-7H2,1-3H3;1-2H3/b18-12+,20-13?;;;. The molecule has 1 unspecified atom stereocenters. The van der Waals surface area contributed by atoms with E-state index in [4.69, 9.17) is 0 Å². The summed E-state index contributed by atoms with van der Waals surface area (Å²) in [6.07, 6.45) is 18.8. The molecule has 2 aliphatic carbocycles. The minimum atomic E-state index is -0.150. The molecule has 0 bridgehead atoms. The van der Waals surface area contributed by atoms with Gasteiger partial charge in [-0.3, -0.25) is 4.99 Å². The Morgan fingerprint density at radius 1 is 1.05 bits per heavy atom. The van der Waals surface area contributed by atoms with Crippen molar-refractivity contribution in [2.45, 2.75) is 133 Å². The summed E-state index contributed by atoms with van der Waals surface area (Å²) in [7, 11) is 0. The van der Waals surface area contributed by atoms with Crippen molar-refractivity contribution in [3.8, 4) is 0 Å². The van der Waals surface area contributed by atoms with Crippen molar-refractivity contribution in [3.05, 3.63) is 82.4 Å². The first-order chi connectivity index (χ1) is 18.7. The second-order valence-electron chi connectivity index (χ2n) is 10.8. The Kier molecular flexibility index (Phi) is 20.4. The number of rotatable bonds is 10. The number of hydrogen-bond donors (Lipinski definition) is 0. The molecular formula is C37H60FN. The summed E-state index contributed by atoms with van der Waals surface area (Å²) >= 11 is 0. The molecule has 1 fully saturated rings. The van der Waals surface area contributed by atoms with Crippen molar-refractivity contribution >= 4 is 5.71 Å². The van der Waals surface area contributed by atoms with Gasteiger partial charge in [0, 0.05) is 5.71 Å². The molecule has 0 heterocycles. The quantitative estimate of drug-likeness (QED) is 0.208. The van der Waals surface area contributed by atoms with Gasteiger partial charge < -0.3 is 0 Å². The van der Waals surface area contributed by atoms with E-state index in [2.05, 4.69) is 65.3 Å². The smallest absolute Gasteiger partial charge is 0.127 e. The largest absolute Gasteiger partial charge is 0.253 e. The maximum Gasteiger partial charge on any atom is 0.127 e. The predicted octanol–water partition coefficient (Wildman–Crippen LogP) is 12.4. The first-order valence-corrected chi connectivity index (χ1v) is 15.7. The van der Waals surface area contributed by atoms with E-state index < -0.39 is 0 Å². The predicted molar refractivity (Wildman–Crippen MR) is 175 cm³/mol. The van der Waals surface area contributed by atoms with E-state index >= 15 is 0 Å². The highest BCUT2D eigenvalue weighted by molar-refractivity contribution is 5.99. The third-order valence-electron chi connectivity index (χ3n) is 7.57. The van der Waals surface area contributed by atoms with Crippen LogP contribution in [0.15, 0.2) is 70.4 Å². The Morgan fingerprint density at radius 2 is 1.72 bits per heavy atom. The van der Waals surface area contributed by atoms with Crippen LogP contribution >= 0.6 is 0 Å². The van der Waals surface area contributed by atoms with Crippen molar-refractivity contribution in [3.63, 3.8) is 0 Å². The van der Waals surface area contributed by atoms with Crippen molar-refractivity contribution in [1.29, 1.82) is 0 Å². The summed E-state index contributed by atoms with van der Waals surface area (Å²) < 4.78 is 13.8. The van der Waals surface area contributed by atoms with Crippen LogP contribution in [-0.2, 0) is 6.42 Å². The molecule has 0 N–H and O–H groups in total. The highest BCUT2D eigenvalue weighted by Crippen LogP contribution is 2.38. The van der Waals surface area contributed by atoms with E-state index in [0.717, 1.165) is 28.5 Å². The SMILES string of the molecule is C=C/C(N=C(C)c1ccc(CC)c(F)c1)=C(/C)C1CC1.CC.CCC1=CC=C(C)CC1.CCCCC(C)CC. The van der Waals surface area contributed by atoms with E-state index in [9.17, 15) is 4.39 Å². The van der Waals surface area contributed by atoms with Gasteiger partial charge in [0.15, 0.2) is 0 Å². The Hall–Kier alpha value is -2.22. The van der Waals surface area contributed by atoms with Crippen LogP contribution in [0, 0.1) is 17.7 Å². The fourth-order valence-corrected chi connectivity index (χ4v) is 4.16. The van der Waals surface area contributed by atoms with Gasteiger partial charge >= 0.3 is 0 Å². The molecule has 0 saturated heterocycles. The molecule has 0 radical (unpaired) electrons. The van der Waals surface area contributed by atoms with Crippen LogP contribution in [0.4, 0.5) is 4.39 Å². The van der Waals surface area contributed by atoms with Gasteiger partial charge in [-0.2, -0.15) is 0 Å². The summed E-state index contributed by atoms with van der Waals surface area (Å²) in [6, 6.07) is 5.35. The summed E-state index contributed by atoms with van der Waals surface area (Å²) in [5.41, 5.74) is 7.77. The number of unbranched alkanes of at least 4 members (excludes halogenated alkanes) is 1. The van der Waals surface area contributed by atoms with E-state index in [1.165, 1.54) is 68.9 Å². The molecule has 3 rings (SSSR count). The van der Waals surface area contributed by atoms with Crippen molar-refractivity contribution in [1.82, 2.24) is 0 Å². The molecule has 1 aromatic carbocycles. The molecular weight excluding hydrogens is 477 g/mol. The van der Waals surface area contributed by atoms with E-state index in [-0.39, 0.29) is 5.82 Å². The molecule has 1 saturated carbocycles. The number of allylic oxidation sites excluding steroid dienone is 6. The second kappa shape index (κ2) is 21.6. The normalized spacial score (nSPS) is 16.0. The third kappa shape index (κ3) is 15.2. The summed E-state index contributed by atoms with van der Waals surface area (Å²) in [5.74, 6) is 1.47. The highest BCUT2D eigenvalue weighted by Gasteiger charge is 2.24. The maximum absolute atomic E-state index is 13.8. The van der Waals surface area contributed by atoms with Gasteiger partial charge in [-0.15, -0.1) is 0 Å². The van der Waals surface area contributed by atoms with Gasteiger partial charge in [-0.05, 0) is 100.0 Å². The Bertz CT molecular complexity index is 956. The van der Waals surface area contributed by atoms with Gasteiger partial charge in [0.2, 0.25) is 0 Å². The lowest BCUT2D eigenvalue weighted by Crippen LogP contribution is -1.99. The lowest BCUT2D eigenvalue weighted by Gasteiger charge is -2.08. The minimum Gasteiger partial charge on any atom is -0.253 e. The molecule has 0 aliphatic heterocycles. The molecule has 1 atom stereocenters. The third-order valence-corrected chi connectivity index (χ3v) is 7.57. The van der Waals surface area contributed by atoms with Gasteiger partial charge in [0.1, 0.15) is 5.82 Å². The zero-order valence-electron chi connectivity index (χ0n) is 27.2. The van der Waals surface area contributed by atoms with Crippen molar-refractivity contribution in [2.24, 2.45) is 16.8 Å². The lowest BCUT2D eigenvalue weighted by molar-refractivity contribution is 0.492. The zero-order chi connectivity index (χ0) is 29.8.